The van der Waals surface area contributed by atoms with Crippen molar-refractivity contribution < 1.29 is 4.79 Å². The fourth-order valence-corrected chi connectivity index (χ4v) is 3.32. The molecule has 2 N–H and O–H groups in total. The van der Waals surface area contributed by atoms with Gasteiger partial charge in [0.05, 0.1) is 0 Å². The Hall–Kier alpha value is -2.02. The Morgan fingerprint density at radius 1 is 1.16 bits per heavy atom. The van der Waals surface area contributed by atoms with E-state index < -0.39 is 0 Å². The van der Waals surface area contributed by atoms with Crippen LogP contribution in [-0.2, 0) is 12.3 Å². The van der Waals surface area contributed by atoms with E-state index in [1.165, 1.54) is 6.33 Å². The third-order valence-corrected chi connectivity index (χ3v) is 4.97. The molecule has 1 amide bonds. The van der Waals surface area contributed by atoms with Crippen LogP contribution in [0.15, 0.2) is 53.9 Å². The van der Waals surface area contributed by atoms with E-state index in [1.54, 1.807) is 42.1 Å². The van der Waals surface area contributed by atoms with Gasteiger partial charge in [0.2, 0.25) is 0 Å². The minimum Gasteiger partial charge on any atom is -0.348 e. The molecule has 0 unspecified atom stereocenters. The van der Waals surface area contributed by atoms with Crippen LogP contribution in [-0.4, -0.2) is 21.1 Å². The molecule has 0 aliphatic rings. The molecule has 0 fully saturated rings. The van der Waals surface area contributed by atoms with Crippen LogP contribution in [0.4, 0.5) is 0 Å². The van der Waals surface area contributed by atoms with Gasteiger partial charge in [0, 0.05) is 27.9 Å². The van der Waals surface area contributed by atoms with Crippen molar-refractivity contribution >= 4 is 40.9 Å². The van der Waals surface area contributed by atoms with Crippen molar-refractivity contribution in [2.45, 2.75) is 17.5 Å². The smallest absolute Gasteiger partial charge is 0.251 e. The van der Waals surface area contributed by atoms with Crippen LogP contribution >= 0.6 is 35.0 Å². The highest BCUT2D eigenvalue weighted by Crippen LogP contribution is 2.21. The normalized spacial score (nSPS) is 10.6. The molecule has 0 saturated carbocycles. The van der Waals surface area contributed by atoms with Crippen molar-refractivity contribution in [1.82, 2.24) is 20.5 Å². The fraction of sp³-hybridized carbons (Fsp3) is 0.118. The Morgan fingerprint density at radius 3 is 2.64 bits per heavy atom. The maximum Gasteiger partial charge on any atom is 0.251 e. The number of aromatic amines is 1. The molecular formula is C17H14Cl2N4OS. The minimum absolute atomic E-state index is 0.152. The van der Waals surface area contributed by atoms with E-state index in [0.717, 1.165) is 22.0 Å². The van der Waals surface area contributed by atoms with Crippen molar-refractivity contribution in [1.29, 1.82) is 0 Å². The van der Waals surface area contributed by atoms with E-state index in [2.05, 4.69) is 20.5 Å². The van der Waals surface area contributed by atoms with Gasteiger partial charge in [-0.3, -0.25) is 9.89 Å². The summed E-state index contributed by atoms with van der Waals surface area (Å²) < 4.78 is 0. The third kappa shape index (κ3) is 4.98. The number of carbonyl (C=O) groups is 1. The van der Waals surface area contributed by atoms with Crippen LogP contribution in [0.2, 0.25) is 10.0 Å². The molecule has 0 radical (unpaired) electrons. The lowest BCUT2D eigenvalue weighted by Gasteiger charge is -2.08. The van der Waals surface area contributed by atoms with Gasteiger partial charge in [-0.05, 0) is 35.4 Å². The molecule has 128 valence electrons. The second-order valence-electron chi connectivity index (χ2n) is 5.19. The summed E-state index contributed by atoms with van der Waals surface area (Å²) >= 11 is 13.5. The molecular weight excluding hydrogens is 379 g/mol. The topological polar surface area (TPSA) is 70.7 Å². The number of halogens is 2. The Morgan fingerprint density at radius 2 is 1.96 bits per heavy atom. The van der Waals surface area contributed by atoms with Crippen molar-refractivity contribution in [2.75, 3.05) is 0 Å². The first kappa shape index (κ1) is 17.8. The van der Waals surface area contributed by atoms with Gasteiger partial charge < -0.3 is 5.32 Å². The highest BCUT2D eigenvalue weighted by molar-refractivity contribution is 7.98. The number of aromatic nitrogens is 3. The molecule has 0 aliphatic heterocycles. The third-order valence-electron chi connectivity index (χ3n) is 3.44. The van der Waals surface area contributed by atoms with Crippen LogP contribution in [0, 0.1) is 0 Å². The first-order valence-electron chi connectivity index (χ1n) is 7.41. The van der Waals surface area contributed by atoms with E-state index in [0.29, 0.717) is 22.2 Å². The number of nitrogens with zero attached hydrogens (tertiary/aromatic N) is 2. The van der Waals surface area contributed by atoms with Gasteiger partial charge in [-0.25, -0.2) is 4.98 Å². The molecule has 0 aliphatic carbocycles. The van der Waals surface area contributed by atoms with Gasteiger partial charge in [-0.15, -0.1) is 0 Å². The number of rotatable bonds is 6. The van der Waals surface area contributed by atoms with Crippen molar-refractivity contribution in [3.05, 3.63) is 75.5 Å². The number of H-pyrrole nitrogens is 1. The first-order valence-corrected chi connectivity index (χ1v) is 9.15. The monoisotopic (exact) mass is 392 g/mol. The highest BCUT2D eigenvalue weighted by Gasteiger charge is 2.08. The summed E-state index contributed by atoms with van der Waals surface area (Å²) in [5.74, 6) is 0.595. The summed E-state index contributed by atoms with van der Waals surface area (Å²) in [4.78, 5) is 16.3. The molecule has 25 heavy (non-hydrogen) atoms. The predicted molar refractivity (Wildman–Crippen MR) is 100 cm³/mol. The van der Waals surface area contributed by atoms with Crippen LogP contribution in [0.5, 0.6) is 0 Å². The van der Waals surface area contributed by atoms with Gasteiger partial charge in [-0.1, -0.05) is 53.2 Å². The van der Waals surface area contributed by atoms with Crippen molar-refractivity contribution in [2.24, 2.45) is 0 Å². The number of nitrogens with one attached hydrogen (secondary N) is 2. The molecule has 5 nitrogen and oxygen atoms in total. The molecule has 0 bridgehead atoms. The maximum atomic E-state index is 12.2. The van der Waals surface area contributed by atoms with E-state index in [1.807, 2.05) is 12.1 Å². The zero-order valence-corrected chi connectivity index (χ0v) is 15.3. The van der Waals surface area contributed by atoms with Crippen LogP contribution in [0.25, 0.3) is 0 Å². The second-order valence-corrected chi connectivity index (χ2v) is 7.00. The number of hydrogen-bond acceptors (Lipinski definition) is 4. The molecule has 1 aromatic heterocycles. The molecule has 1 heterocycles. The Bertz CT molecular complexity index is 854. The van der Waals surface area contributed by atoms with E-state index >= 15 is 0 Å². The van der Waals surface area contributed by atoms with Gasteiger partial charge in [0.25, 0.3) is 5.91 Å². The number of thioether (sulfide) groups is 1. The Kier molecular flexibility index (Phi) is 5.96. The summed E-state index contributed by atoms with van der Waals surface area (Å²) in [6.07, 6.45) is 1.47. The predicted octanol–water partition coefficient (Wildman–Crippen LogP) is 4.33. The highest BCUT2D eigenvalue weighted by atomic mass is 35.5. The molecule has 3 rings (SSSR count). The second kappa shape index (κ2) is 8.38. The number of carbonyl (C=O) groups excluding carboxylic acids is 1. The zero-order valence-electron chi connectivity index (χ0n) is 13.0. The summed E-state index contributed by atoms with van der Waals surface area (Å²) in [5.41, 5.74) is 2.51. The average molecular weight is 393 g/mol. The van der Waals surface area contributed by atoms with Crippen LogP contribution in [0.3, 0.4) is 0 Å². The Labute approximate surface area is 159 Å². The number of amides is 1. The maximum absolute atomic E-state index is 12.2. The summed E-state index contributed by atoms with van der Waals surface area (Å²) in [5, 5.41) is 11.3. The lowest BCUT2D eigenvalue weighted by Crippen LogP contribution is -2.22. The van der Waals surface area contributed by atoms with Crippen molar-refractivity contribution in [3.8, 4) is 0 Å². The van der Waals surface area contributed by atoms with Crippen LogP contribution in [0.1, 0.15) is 21.5 Å². The molecule has 0 atom stereocenters. The lowest BCUT2D eigenvalue weighted by molar-refractivity contribution is 0.0951. The molecule has 3 aromatic rings. The zero-order chi connectivity index (χ0) is 17.6. The van der Waals surface area contributed by atoms with Gasteiger partial charge in [-0.2, -0.15) is 5.10 Å². The average Bonchev–Trinajstić information content (AvgIpc) is 3.13. The molecule has 2 aromatic carbocycles. The van der Waals surface area contributed by atoms with Crippen LogP contribution < -0.4 is 5.32 Å². The van der Waals surface area contributed by atoms with E-state index in [4.69, 9.17) is 23.2 Å². The SMILES string of the molecule is O=C(NCc1ccc(Cl)cc1Cl)c1ccc(CSc2ncn[nH]2)cc1. The minimum atomic E-state index is -0.152. The summed E-state index contributed by atoms with van der Waals surface area (Å²) in [6.45, 7) is 0.345. The molecule has 0 spiro atoms. The first-order chi connectivity index (χ1) is 12.1. The van der Waals surface area contributed by atoms with Gasteiger partial charge in [0.15, 0.2) is 5.16 Å². The largest absolute Gasteiger partial charge is 0.348 e. The quantitative estimate of drug-likeness (QED) is 0.612. The summed E-state index contributed by atoms with van der Waals surface area (Å²) in [6, 6.07) is 12.7. The van der Waals surface area contributed by atoms with E-state index in [-0.39, 0.29) is 5.91 Å². The summed E-state index contributed by atoms with van der Waals surface area (Å²) in [7, 11) is 0. The fourth-order valence-electron chi connectivity index (χ4n) is 2.11. The molecule has 0 saturated heterocycles. The van der Waals surface area contributed by atoms with Gasteiger partial charge >= 0.3 is 0 Å². The number of benzene rings is 2. The van der Waals surface area contributed by atoms with E-state index in [9.17, 15) is 4.79 Å². The molecule has 8 heteroatoms. The Balaban J connectivity index is 1.55. The van der Waals surface area contributed by atoms with Crippen molar-refractivity contribution in [3.63, 3.8) is 0 Å². The lowest BCUT2D eigenvalue weighted by atomic mass is 10.1. The number of hydrogen-bond donors (Lipinski definition) is 2. The van der Waals surface area contributed by atoms with Gasteiger partial charge in [0.1, 0.15) is 6.33 Å². The standard InChI is InChI=1S/C17H14Cl2N4OS/c18-14-6-5-13(15(19)7-14)8-20-16(24)12-3-1-11(2-4-12)9-25-17-21-10-22-23-17/h1-7,10H,8-9H2,(H,20,24)(H,21,22,23).